The third kappa shape index (κ3) is 1.84. The van der Waals surface area contributed by atoms with Crippen LogP contribution in [0.5, 0.6) is 0 Å². The molecule has 0 aromatic heterocycles. The third-order valence-corrected chi connectivity index (χ3v) is 6.41. The molecule has 4 saturated carbocycles. The van der Waals surface area contributed by atoms with Crippen LogP contribution in [-0.4, -0.2) is 36.6 Å². The van der Waals surface area contributed by atoms with E-state index in [-0.39, 0.29) is 0 Å². The molecule has 2 heteroatoms. The van der Waals surface area contributed by atoms with E-state index in [1.807, 2.05) is 0 Å². The Kier molecular flexibility index (Phi) is 2.92. The fraction of sp³-hybridized carbons (Fsp3) is 1.00. The zero-order chi connectivity index (χ0) is 12.1. The van der Waals surface area contributed by atoms with Gasteiger partial charge in [-0.25, -0.2) is 0 Å². The van der Waals surface area contributed by atoms with E-state index in [0.717, 1.165) is 35.8 Å². The lowest BCUT2D eigenvalue weighted by atomic mass is 9.53. The van der Waals surface area contributed by atoms with E-state index in [9.17, 15) is 0 Å². The molecule has 1 atom stereocenters. The molecule has 1 unspecified atom stereocenters. The van der Waals surface area contributed by atoms with Gasteiger partial charge in [0.15, 0.2) is 0 Å². The molecule has 4 aliphatic carbocycles. The van der Waals surface area contributed by atoms with Gasteiger partial charge in [0.2, 0.25) is 0 Å². The molecule has 1 saturated heterocycles. The Morgan fingerprint density at radius 2 is 1.56 bits per heavy atom. The van der Waals surface area contributed by atoms with Crippen LogP contribution in [0.1, 0.15) is 45.4 Å². The summed E-state index contributed by atoms with van der Waals surface area (Å²) in [5.74, 6) is 4.34. The van der Waals surface area contributed by atoms with Crippen molar-refractivity contribution in [2.24, 2.45) is 23.7 Å². The zero-order valence-electron chi connectivity index (χ0n) is 11.8. The van der Waals surface area contributed by atoms with Crippen LogP contribution in [0.25, 0.3) is 0 Å². The van der Waals surface area contributed by atoms with Crippen molar-refractivity contribution in [3.8, 4) is 0 Å². The summed E-state index contributed by atoms with van der Waals surface area (Å²) in [5.41, 5.74) is 0. The average molecular weight is 248 g/mol. The Hall–Kier alpha value is -0.0800. The Balaban J connectivity index is 1.56. The highest BCUT2D eigenvalue weighted by Crippen LogP contribution is 2.55. The topological polar surface area (TPSA) is 15.3 Å². The Morgan fingerprint density at radius 1 is 0.889 bits per heavy atom. The standard InChI is InChI=1S/C16H28N2/c1-11-2-3-17-4-5-18(11)16-14-7-12-6-13(9-14)10-15(16)8-12/h11-17H,2-10H2,1H3. The molecule has 18 heavy (non-hydrogen) atoms. The van der Waals surface area contributed by atoms with Crippen molar-refractivity contribution in [3.05, 3.63) is 0 Å². The lowest BCUT2D eigenvalue weighted by Crippen LogP contribution is -2.58. The second-order valence-corrected chi connectivity index (χ2v) is 7.55. The number of rotatable bonds is 1. The smallest absolute Gasteiger partial charge is 0.0155 e. The highest BCUT2D eigenvalue weighted by atomic mass is 15.2. The van der Waals surface area contributed by atoms with Crippen LogP contribution in [0.4, 0.5) is 0 Å². The minimum Gasteiger partial charge on any atom is -0.315 e. The molecule has 4 bridgehead atoms. The van der Waals surface area contributed by atoms with Crippen molar-refractivity contribution in [3.63, 3.8) is 0 Å². The summed E-state index contributed by atoms with van der Waals surface area (Å²) in [6.07, 6.45) is 9.19. The first-order chi connectivity index (χ1) is 8.81. The van der Waals surface area contributed by atoms with Crippen LogP contribution < -0.4 is 5.32 Å². The second kappa shape index (κ2) is 4.49. The van der Waals surface area contributed by atoms with Crippen LogP contribution in [0.15, 0.2) is 0 Å². The molecule has 0 aromatic rings. The lowest BCUT2D eigenvalue weighted by Gasteiger charge is -2.58. The molecule has 1 aliphatic heterocycles. The average Bonchev–Trinajstić information content (AvgIpc) is 2.54. The van der Waals surface area contributed by atoms with Gasteiger partial charge in [-0.15, -0.1) is 0 Å². The van der Waals surface area contributed by atoms with E-state index in [0.29, 0.717) is 0 Å². The number of hydrogen-bond acceptors (Lipinski definition) is 2. The van der Waals surface area contributed by atoms with E-state index < -0.39 is 0 Å². The molecule has 0 amide bonds. The summed E-state index contributed by atoms with van der Waals surface area (Å²) in [7, 11) is 0. The van der Waals surface area contributed by atoms with Gasteiger partial charge in [-0.2, -0.15) is 0 Å². The summed E-state index contributed by atoms with van der Waals surface area (Å²) in [5, 5.41) is 3.59. The van der Waals surface area contributed by atoms with E-state index in [1.165, 1.54) is 26.1 Å². The lowest BCUT2D eigenvalue weighted by molar-refractivity contribution is -0.0746. The van der Waals surface area contributed by atoms with Crippen LogP contribution in [0.3, 0.4) is 0 Å². The molecule has 5 fully saturated rings. The van der Waals surface area contributed by atoms with Gasteiger partial charge in [-0.05, 0) is 75.7 Å². The van der Waals surface area contributed by atoms with Crippen molar-refractivity contribution >= 4 is 0 Å². The summed E-state index contributed by atoms with van der Waals surface area (Å²) in [6.45, 7) is 6.21. The van der Waals surface area contributed by atoms with E-state index >= 15 is 0 Å². The minimum atomic E-state index is 0.808. The van der Waals surface area contributed by atoms with Crippen molar-refractivity contribution in [2.75, 3.05) is 19.6 Å². The second-order valence-electron chi connectivity index (χ2n) is 7.55. The van der Waals surface area contributed by atoms with Crippen LogP contribution in [0.2, 0.25) is 0 Å². The Labute approximate surface area is 111 Å². The predicted octanol–water partition coefficient (Wildman–Crippen LogP) is 2.49. The molecule has 1 heterocycles. The SMILES string of the molecule is CC1CCNCCN1C1C2CC3CC(C2)CC1C3. The molecule has 5 aliphatic rings. The molecular formula is C16H28N2. The Bertz CT molecular complexity index is 286. The fourth-order valence-corrected chi connectivity index (χ4v) is 5.91. The van der Waals surface area contributed by atoms with Gasteiger partial charge in [0.25, 0.3) is 0 Å². The van der Waals surface area contributed by atoms with Gasteiger partial charge < -0.3 is 5.32 Å². The molecule has 0 aromatic carbocycles. The van der Waals surface area contributed by atoms with Crippen LogP contribution >= 0.6 is 0 Å². The summed E-state index contributed by atoms with van der Waals surface area (Å²) < 4.78 is 0. The molecular weight excluding hydrogens is 220 g/mol. The van der Waals surface area contributed by atoms with Crippen LogP contribution in [-0.2, 0) is 0 Å². The Morgan fingerprint density at radius 3 is 2.22 bits per heavy atom. The van der Waals surface area contributed by atoms with Gasteiger partial charge in [-0.1, -0.05) is 0 Å². The predicted molar refractivity (Wildman–Crippen MR) is 74.5 cm³/mol. The highest BCUT2D eigenvalue weighted by Gasteiger charge is 2.50. The first-order valence-corrected chi connectivity index (χ1v) is 8.27. The normalized spacial score (nSPS) is 52.5. The largest absolute Gasteiger partial charge is 0.315 e. The van der Waals surface area contributed by atoms with E-state index in [2.05, 4.69) is 17.1 Å². The molecule has 5 rings (SSSR count). The molecule has 0 spiro atoms. The monoisotopic (exact) mass is 248 g/mol. The quantitative estimate of drug-likeness (QED) is 0.767. The van der Waals surface area contributed by atoms with Gasteiger partial charge >= 0.3 is 0 Å². The first-order valence-electron chi connectivity index (χ1n) is 8.27. The van der Waals surface area contributed by atoms with Gasteiger partial charge in [0, 0.05) is 25.2 Å². The summed E-state index contributed by atoms with van der Waals surface area (Å²) in [4.78, 5) is 2.91. The minimum absolute atomic E-state index is 0.808. The van der Waals surface area contributed by atoms with Crippen molar-refractivity contribution in [1.29, 1.82) is 0 Å². The number of hydrogen-bond donors (Lipinski definition) is 1. The zero-order valence-corrected chi connectivity index (χ0v) is 11.8. The molecule has 1 N–H and O–H groups in total. The number of nitrogens with one attached hydrogen (secondary N) is 1. The maximum absolute atomic E-state index is 3.59. The van der Waals surface area contributed by atoms with Gasteiger partial charge in [0.1, 0.15) is 0 Å². The van der Waals surface area contributed by atoms with E-state index in [4.69, 9.17) is 0 Å². The summed E-state index contributed by atoms with van der Waals surface area (Å²) >= 11 is 0. The first kappa shape index (κ1) is 11.7. The van der Waals surface area contributed by atoms with Crippen molar-refractivity contribution in [1.82, 2.24) is 10.2 Å². The fourth-order valence-electron chi connectivity index (χ4n) is 5.91. The van der Waals surface area contributed by atoms with Crippen molar-refractivity contribution < 1.29 is 0 Å². The van der Waals surface area contributed by atoms with Crippen LogP contribution in [0, 0.1) is 23.7 Å². The van der Waals surface area contributed by atoms with Crippen molar-refractivity contribution in [2.45, 2.75) is 57.5 Å². The summed E-state index contributed by atoms with van der Waals surface area (Å²) in [6, 6.07) is 1.76. The highest BCUT2D eigenvalue weighted by molar-refractivity contribution is 5.03. The van der Waals surface area contributed by atoms with Gasteiger partial charge in [0.05, 0.1) is 0 Å². The third-order valence-electron chi connectivity index (χ3n) is 6.41. The molecule has 2 nitrogen and oxygen atoms in total. The van der Waals surface area contributed by atoms with E-state index in [1.54, 1.807) is 32.1 Å². The van der Waals surface area contributed by atoms with Gasteiger partial charge in [-0.3, -0.25) is 4.90 Å². The maximum Gasteiger partial charge on any atom is 0.0155 e. The number of nitrogens with zero attached hydrogens (tertiary/aromatic N) is 1. The molecule has 0 radical (unpaired) electrons. The maximum atomic E-state index is 3.59. The molecule has 102 valence electrons.